The number of amides is 1. The molecule has 0 aliphatic heterocycles. The van der Waals surface area contributed by atoms with Crippen LogP contribution in [-0.2, 0) is 11.3 Å². The maximum Gasteiger partial charge on any atom is 0.407 e. The highest BCUT2D eigenvalue weighted by atomic mass is 16.6. The molecule has 2 N–H and O–H groups in total. The highest BCUT2D eigenvalue weighted by Gasteiger charge is 2.15. The van der Waals surface area contributed by atoms with Gasteiger partial charge < -0.3 is 19.9 Å². The second-order valence-corrected chi connectivity index (χ2v) is 5.54. The zero-order valence-electron chi connectivity index (χ0n) is 12.1. The summed E-state index contributed by atoms with van der Waals surface area (Å²) in [4.78, 5) is 15.4. The summed E-state index contributed by atoms with van der Waals surface area (Å²) in [5.41, 5.74) is -0.452. The minimum Gasteiger partial charge on any atom is -0.444 e. The molecule has 1 aromatic heterocycles. The molecule has 6 heteroatoms. The molecule has 0 spiro atoms. The lowest BCUT2D eigenvalue weighted by molar-refractivity contribution is 0.0528. The number of ether oxygens (including phenoxy) is 1. The summed E-state index contributed by atoms with van der Waals surface area (Å²) in [5, 5.41) is 6.03. The van der Waals surface area contributed by atoms with E-state index in [4.69, 9.17) is 4.74 Å². The van der Waals surface area contributed by atoms with Crippen LogP contribution in [0, 0.1) is 0 Å². The highest BCUT2D eigenvalue weighted by Crippen LogP contribution is 2.05. The van der Waals surface area contributed by atoms with Crippen LogP contribution in [0.25, 0.3) is 0 Å². The van der Waals surface area contributed by atoms with Crippen LogP contribution in [0.5, 0.6) is 0 Å². The van der Waals surface area contributed by atoms with Crippen LogP contribution in [0.3, 0.4) is 0 Å². The van der Waals surface area contributed by atoms with Crippen molar-refractivity contribution in [1.82, 2.24) is 20.2 Å². The van der Waals surface area contributed by atoms with Gasteiger partial charge in [-0.05, 0) is 27.7 Å². The molecule has 0 radical (unpaired) electrons. The molecule has 19 heavy (non-hydrogen) atoms. The number of alkyl carbamates (subject to hydrolysis) is 1. The summed E-state index contributed by atoms with van der Waals surface area (Å²) in [7, 11) is 0. The Morgan fingerprint density at radius 3 is 2.74 bits per heavy atom. The second kappa shape index (κ2) is 7.13. The number of aromatic nitrogens is 2. The molecular formula is C13H24N4O2. The number of nitrogens with one attached hydrogen (secondary N) is 2. The second-order valence-electron chi connectivity index (χ2n) is 5.54. The van der Waals surface area contributed by atoms with E-state index in [2.05, 4.69) is 22.5 Å². The van der Waals surface area contributed by atoms with Gasteiger partial charge >= 0.3 is 6.09 Å². The van der Waals surface area contributed by atoms with Gasteiger partial charge in [0.05, 0.1) is 6.33 Å². The number of hydrogen-bond donors (Lipinski definition) is 2. The van der Waals surface area contributed by atoms with Crippen molar-refractivity contribution in [1.29, 1.82) is 0 Å². The topological polar surface area (TPSA) is 68.2 Å². The van der Waals surface area contributed by atoms with E-state index >= 15 is 0 Å². The third-order valence-electron chi connectivity index (χ3n) is 2.33. The molecule has 0 aliphatic rings. The van der Waals surface area contributed by atoms with Crippen molar-refractivity contribution < 1.29 is 9.53 Å². The largest absolute Gasteiger partial charge is 0.444 e. The van der Waals surface area contributed by atoms with Crippen LogP contribution in [0.15, 0.2) is 18.7 Å². The molecule has 1 rings (SSSR count). The molecular weight excluding hydrogens is 244 g/mol. The quantitative estimate of drug-likeness (QED) is 0.765. The number of carbonyl (C=O) groups excluding carboxylic acids is 1. The van der Waals surface area contributed by atoms with Gasteiger partial charge in [-0.25, -0.2) is 9.78 Å². The Morgan fingerprint density at radius 1 is 1.42 bits per heavy atom. The average Bonchev–Trinajstić information content (AvgIpc) is 2.74. The average molecular weight is 268 g/mol. The van der Waals surface area contributed by atoms with Gasteiger partial charge in [-0.2, -0.15) is 0 Å². The summed E-state index contributed by atoms with van der Waals surface area (Å²) in [6, 6.07) is 0.314. The van der Waals surface area contributed by atoms with Gasteiger partial charge in [-0.1, -0.05) is 0 Å². The molecule has 0 fully saturated rings. The predicted molar refractivity (Wildman–Crippen MR) is 73.9 cm³/mol. The first-order chi connectivity index (χ1) is 8.87. The maximum atomic E-state index is 11.4. The van der Waals surface area contributed by atoms with Gasteiger partial charge in [0.15, 0.2) is 0 Å². The van der Waals surface area contributed by atoms with Crippen LogP contribution in [0.1, 0.15) is 27.7 Å². The summed E-state index contributed by atoms with van der Waals surface area (Å²) in [6.07, 6.45) is 5.10. The van der Waals surface area contributed by atoms with E-state index in [0.717, 1.165) is 6.54 Å². The highest BCUT2D eigenvalue weighted by molar-refractivity contribution is 5.67. The smallest absolute Gasteiger partial charge is 0.407 e. The van der Waals surface area contributed by atoms with Gasteiger partial charge in [-0.15, -0.1) is 0 Å². The lowest BCUT2D eigenvalue weighted by Gasteiger charge is -2.20. The Hall–Kier alpha value is -1.56. The molecule has 1 atom stereocenters. The zero-order valence-corrected chi connectivity index (χ0v) is 12.1. The van der Waals surface area contributed by atoms with E-state index in [0.29, 0.717) is 19.1 Å². The molecule has 0 aliphatic carbocycles. The summed E-state index contributed by atoms with van der Waals surface area (Å²) < 4.78 is 7.15. The minimum atomic E-state index is -0.452. The summed E-state index contributed by atoms with van der Waals surface area (Å²) in [6.45, 7) is 9.73. The molecule has 0 bridgehead atoms. The number of carbonyl (C=O) groups is 1. The van der Waals surface area contributed by atoms with Crippen LogP contribution in [0.2, 0.25) is 0 Å². The normalized spacial score (nSPS) is 13.1. The van der Waals surface area contributed by atoms with Crippen molar-refractivity contribution in [2.45, 2.75) is 45.9 Å². The van der Waals surface area contributed by atoms with Gasteiger partial charge in [0.25, 0.3) is 0 Å². The number of nitrogens with zero attached hydrogens (tertiary/aromatic N) is 2. The fraction of sp³-hybridized carbons (Fsp3) is 0.692. The molecule has 1 heterocycles. The van der Waals surface area contributed by atoms with Gasteiger partial charge in [-0.3, -0.25) is 0 Å². The van der Waals surface area contributed by atoms with Gasteiger partial charge in [0.1, 0.15) is 5.60 Å². The van der Waals surface area contributed by atoms with E-state index < -0.39 is 5.60 Å². The predicted octanol–water partition coefficient (Wildman–Crippen LogP) is 1.39. The summed E-state index contributed by atoms with van der Waals surface area (Å²) in [5.74, 6) is 0. The Bertz CT molecular complexity index is 370. The molecule has 0 aromatic carbocycles. The molecule has 108 valence electrons. The van der Waals surface area contributed by atoms with E-state index in [1.807, 2.05) is 31.5 Å². The van der Waals surface area contributed by atoms with Crippen molar-refractivity contribution >= 4 is 6.09 Å². The van der Waals surface area contributed by atoms with Crippen LogP contribution in [0.4, 0.5) is 4.79 Å². The number of imidazole rings is 1. The standard InChI is InChI=1S/C13H24N4O2/c1-11(9-17-8-7-14-10-17)15-5-6-16-12(18)19-13(2,3)4/h7-8,10-11,15H,5-6,9H2,1-4H3,(H,16,18). The SMILES string of the molecule is CC(Cn1ccnc1)NCCNC(=O)OC(C)(C)C. The van der Waals surface area contributed by atoms with E-state index in [1.165, 1.54) is 0 Å². The van der Waals surface area contributed by atoms with Crippen molar-refractivity contribution in [2.75, 3.05) is 13.1 Å². The molecule has 1 aromatic rings. The van der Waals surface area contributed by atoms with Crippen LogP contribution in [-0.4, -0.2) is 40.4 Å². The van der Waals surface area contributed by atoms with E-state index in [1.54, 1.807) is 12.5 Å². The fourth-order valence-electron chi connectivity index (χ4n) is 1.57. The van der Waals surface area contributed by atoms with Crippen LogP contribution < -0.4 is 10.6 Å². The first kappa shape index (κ1) is 15.5. The summed E-state index contributed by atoms with van der Waals surface area (Å²) >= 11 is 0. The van der Waals surface area contributed by atoms with E-state index in [-0.39, 0.29) is 6.09 Å². The number of rotatable bonds is 6. The molecule has 0 saturated carbocycles. The van der Waals surface area contributed by atoms with Gasteiger partial charge in [0.2, 0.25) is 0 Å². The van der Waals surface area contributed by atoms with Crippen LogP contribution >= 0.6 is 0 Å². The third-order valence-corrected chi connectivity index (χ3v) is 2.33. The van der Waals surface area contributed by atoms with E-state index in [9.17, 15) is 4.79 Å². The third kappa shape index (κ3) is 7.46. The Kier molecular flexibility index (Phi) is 5.82. The van der Waals surface area contributed by atoms with Crippen molar-refractivity contribution in [3.8, 4) is 0 Å². The van der Waals surface area contributed by atoms with Gasteiger partial charge in [0, 0.05) is 38.1 Å². The first-order valence-electron chi connectivity index (χ1n) is 6.53. The van der Waals surface area contributed by atoms with Crippen molar-refractivity contribution in [3.05, 3.63) is 18.7 Å². The Morgan fingerprint density at radius 2 is 2.16 bits per heavy atom. The zero-order chi connectivity index (χ0) is 14.3. The lowest BCUT2D eigenvalue weighted by atomic mass is 10.2. The molecule has 6 nitrogen and oxygen atoms in total. The monoisotopic (exact) mass is 268 g/mol. The Balaban J connectivity index is 2.09. The maximum absolute atomic E-state index is 11.4. The lowest BCUT2D eigenvalue weighted by Crippen LogP contribution is -2.39. The van der Waals surface area contributed by atoms with Crippen molar-refractivity contribution in [3.63, 3.8) is 0 Å². The first-order valence-corrected chi connectivity index (χ1v) is 6.53. The minimum absolute atomic E-state index is 0.314. The fourth-order valence-corrected chi connectivity index (χ4v) is 1.57. The van der Waals surface area contributed by atoms with Crippen molar-refractivity contribution in [2.24, 2.45) is 0 Å². The number of hydrogen-bond acceptors (Lipinski definition) is 4. The molecule has 1 unspecified atom stereocenters. The molecule has 1 amide bonds. The molecule has 0 saturated heterocycles. The Labute approximate surface area is 114 Å².